The Morgan fingerprint density at radius 1 is 0.970 bits per heavy atom. The van der Waals surface area contributed by atoms with Gasteiger partial charge in [-0.1, -0.05) is 50.2 Å². The van der Waals surface area contributed by atoms with E-state index in [1.165, 1.54) is 0 Å². The minimum atomic E-state index is 0.652. The van der Waals surface area contributed by atoms with Gasteiger partial charge in [0.05, 0.1) is 5.69 Å². The highest BCUT2D eigenvalue weighted by molar-refractivity contribution is 5.81. The number of H-pyrrole nitrogens is 1. The van der Waals surface area contributed by atoms with Crippen molar-refractivity contribution in [2.45, 2.75) is 33.6 Å². The largest absolute Gasteiger partial charge is 0.329 e. The molecule has 3 heterocycles. The SMILES string of the molecule is CCc1cc(N(C)c2ccc(-c3ccccc3-c3nnn[nH]3)cc2)n2nc(CC)c(C)c2n1. The van der Waals surface area contributed by atoms with E-state index in [9.17, 15) is 0 Å². The molecule has 33 heavy (non-hydrogen) atoms. The summed E-state index contributed by atoms with van der Waals surface area (Å²) < 4.78 is 1.97. The summed E-state index contributed by atoms with van der Waals surface area (Å²) >= 11 is 0. The fraction of sp³-hybridized carbons (Fsp3) is 0.240. The predicted molar refractivity (Wildman–Crippen MR) is 130 cm³/mol. The summed E-state index contributed by atoms with van der Waals surface area (Å²) in [6.07, 6.45) is 1.75. The predicted octanol–water partition coefficient (Wildman–Crippen LogP) is 4.78. The zero-order chi connectivity index (χ0) is 22.9. The summed E-state index contributed by atoms with van der Waals surface area (Å²) in [4.78, 5) is 7.00. The lowest BCUT2D eigenvalue weighted by atomic mass is 9.99. The number of benzene rings is 2. The van der Waals surface area contributed by atoms with Gasteiger partial charge in [0.25, 0.3) is 0 Å². The van der Waals surface area contributed by atoms with Gasteiger partial charge >= 0.3 is 0 Å². The van der Waals surface area contributed by atoms with Crippen molar-refractivity contribution in [2.24, 2.45) is 0 Å². The van der Waals surface area contributed by atoms with Crippen LogP contribution in [-0.4, -0.2) is 42.3 Å². The number of aromatic nitrogens is 7. The molecule has 3 aromatic heterocycles. The van der Waals surface area contributed by atoms with Crippen LogP contribution < -0.4 is 4.90 Å². The average molecular weight is 439 g/mol. The van der Waals surface area contributed by atoms with E-state index >= 15 is 0 Å². The molecule has 0 spiro atoms. The maximum absolute atomic E-state index is 4.85. The minimum Gasteiger partial charge on any atom is -0.329 e. The van der Waals surface area contributed by atoms with Crippen LogP contribution in [0.4, 0.5) is 11.5 Å². The van der Waals surface area contributed by atoms with E-state index in [4.69, 9.17) is 10.1 Å². The number of fused-ring (bicyclic) bond motifs is 1. The van der Waals surface area contributed by atoms with E-state index in [0.29, 0.717) is 5.82 Å². The lowest BCUT2D eigenvalue weighted by Crippen LogP contribution is -2.15. The van der Waals surface area contributed by atoms with Gasteiger partial charge in [-0.05, 0) is 53.5 Å². The molecule has 0 saturated carbocycles. The molecule has 0 amide bonds. The molecule has 5 aromatic rings. The second kappa shape index (κ2) is 8.46. The number of hydrogen-bond acceptors (Lipinski definition) is 6. The summed E-state index contributed by atoms with van der Waals surface area (Å²) in [7, 11) is 2.07. The Morgan fingerprint density at radius 2 is 1.73 bits per heavy atom. The fourth-order valence-electron chi connectivity index (χ4n) is 4.17. The topological polar surface area (TPSA) is 87.9 Å². The second-order valence-corrected chi connectivity index (χ2v) is 8.02. The highest BCUT2D eigenvalue weighted by atomic mass is 15.5. The molecule has 0 fully saturated rings. The third-order valence-corrected chi connectivity index (χ3v) is 6.09. The molecule has 0 unspecified atom stereocenters. The molecule has 2 aromatic carbocycles. The first kappa shape index (κ1) is 20.8. The van der Waals surface area contributed by atoms with Gasteiger partial charge in [-0.15, -0.1) is 5.10 Å². The van der Waals surface area contributed by atoms with Crippen LogP contribution in [0.25, 0.3) is 28.2 Å². The van der Waals surface area contributed by atoms with E-state index in [0.717, 1.165) is 63.6 Å². The molecular weight excluding hydrogens is 412 g/mol. The lowest BCUT2D eigenvalue weighted by molar-refractivity contribution is 0.859. The first-order valence-electron chi connectivity index (χ1n) is 11.2. The van der Waals surface area contributed by atoms with Crippen molar-refractivity contribution in [3.8, 4) is 22.5 Å². The lowest BCUT2D eigenvalue weighted by Gasteiger charge is -2.21. The quantitative estimate of drug-likeness (QED) is 0.411. The monoisotopic (exact) mass is 438 g/mol. The summed E-state index contributed by atoms with van der Waals surface area (Å²) in [5.74, 6) is 1.65. The molecule has 0 radical (unpaired) electrons. The van der Waals surface area contributed by atoms with Crippen LogP contribution in [0.1, 0.15) is 30.8 Å². The number of aryl methyl sites for hydroxylation is 3. The highest BCUT2D eigenvalue weighted by Crippen LogP contribution is 2.32. The average Bonchev–Trinajstić information content (AvgIpc) is 3.51. The van der Waals surface area contributed by atoms with Crippen LogP contribution in [0.5, 0.6) is 0 Å². The number of tetrazole rings is 1. The van der Waals surface area contributed by atoms with Crippen molar-refractivity contribution in [3.05, 3.63) is 71.5 Å². The zero-order valence-corrected chi connectivity index (χ0v) is 19.2. The second-order valence-electron chi connectivity index (χ2n) is 8.02. The van der Waals surface area contributed by atoms with Crippen molar-refractivity contribution < 1.29 is 0 Å². The van der Waals surface area contributed by atoms with Gasteiger partial charge in [-0.25, -0.2) is 10.1 Å². The van der Waals surface area contributed by atoms with E-state index < -0.39 is 0 Å². The van der Waals surface area contributed by atoms with Crippen LogP contribution in [0, 0.1) is 6.92 Å². The van der Waals surface area contributed by atoms with Crippen molar-refractivity contribution in [1.29, 1.82) is 0 Å². The zero-order valence-electron chi connectivity index (χ0n) is 19.2. The van der Waals surface area contributed by atoms with Crippen LogP contribution in [0.15, 0.2) is 54.6 Å². The molecule has 8 heteroatoms. The summed E-state index contributed by atoms with van der Waals surface area (Å²) in [6, 6.07) is 18.7. The Kier molecular flexibility index (Phi) is 5.34. The normalized spacial score (nSPS) is 11.3. The molecule has 0 aliphatic heterocycles. The van der Waals surface area contributed by atoms with Crippen molar-refractivity contribution in [2.75, 3.05) is 11.9 Å². The fourth-order valence-corrected chi connectivity index (χ4v) is 4.17. The van der Waals surface area contributed by atoms with Gasteiger partial charge in [-0.3, -0.25) is 0 Å². The van der Waals surface area contributed by atoms with Gasteiger partial charge in [-0.2, -0.15) is 9.61 Å². The van der Waals surface area contributed by atoms with Gasteiger partial charge in [0.15, 0.2) is 11.5 Å². The molecule has 166 valence electrons. The molecule has 5 rings (SSSR count). The van der Waals surface area contributed by atoms with E-state index in [1.807, 2.05) is 22.7 Å². The summed E-state index contributed by atoms with van der Waals surface area (Å²) in [5, 5.41) is 19.2. The minimum absolute atomic E-state index is 0.652. The number of nitrogens with one attached hydrogen (secondary N) is 1. The third-order valence-electron chi connectivity index (χ3n) is 6.09. The standard InChI is InChI=1S/C25H26N8/c1-5-18-15-23(33-25(26-18)16(3)22(6-2)29-33)32(4)19-13-11-17(12-14-19)20-9-7-8-10-21(20)24-27-30-31-28-24/h7-15H,5-6H2,1-4H3,(H,27,28,30,31). The summed E-state index contributed by atoms with van der Waals surface area (Å²) in [5.41, 5.74) is 8.41. The first-order chi connectivity index (χ1) is 16.1. The molecule has 0 aliphatic rings. The van der Waals surface area contributed by atoms with Crippen LogP contribution >= 0.6 is 0 Å². The van der Waals surface area contributed by atoms with Crippen LogP contribution in [0.3, 0.4) is 0 Å². The van der Waals surface area contributed by atoms with Gasteiger partial charge < -0.3 is 4.90 Å². The number of nitrogens with zero attached hydrogens (tertiary/aromatic N) is 7. The Hall–Kier alpha value is -4.07. The number of rotatable bonds is 6. The van der Waals surface area contributed by atoms with Crippen molar-refractivity contribution in [3.63, 3.8) is 0 Å². The molecule has 0 saturated heterocycles. The van der Waals surface area contributed by atoms with Gasteiger partial charge in [0, 0.05) is 35.6 Å². The molecule has 0 atom stereocenters. The maximum atomic E-state index is 4.85. The molecule has 0 aliphatic carbocycles. The maximum Gasteiger partial charge on any atom is 0.180 e. The molecule has 1 N–H and O–H groups in total. The van der Waals surface area contributed by atoms with Crippen LogP contribution in [0.2, 0.25) is 0 Å². The number of hydrogen-bond donors (Lipinski definition) is 1. The molecular formula is C25H26N8. The third kappa shape index (κ3) is 3.63. The van der Waals surface area contributed by atoms with Gasteiger partial charge in [0.1, 0.15) is 5.82 Å². The van der Waals surface area contributed by atoms with E-state index in [1.54, 1.807) is 0 Å². The van der Waals surface area contributed by atoms with Gasteiger partial charge in [0.2, 0.25) is 0 Å². The Balaban J connectivity index is 1.54. The first-order valence-corrected chi connectivity index (χ1v) is 11.2. The van der Waals surface area contributed by atoms with Crippen molar-refractivity contribution >= 4 is 17.2 Å². The number of aromatic amines is 1. The van der Waals surface area contributed by atoms with Crippen molar-refractivity contribution in [1.82, 2.24) is 35.2 Å². The van der Waals surface area contributed by atoms with Crippen LogP contribution in [-0.2, 0) is 12.8 Å². The molecule has 8 nitrogen and oxygen atoms in total. The Morgan fingerprint density at radius 3 is 2.39 bits per heavy atom. The Labute approximate surface area is 192 Å². The van der Waals surface area contributed by atoms with E-state index in [2.05, 4.69) is 89.7 Å². The highest BCUT2D eigenvalue weighted by Gasteiger charge is 2.17. The number of anilines is 2. The Bertz CT molecular complexity index is 1400. The van der Waals surface area contributed by atoms with E-state index in [-0.39, 0.29) is 0 Å². The summed E-state index contributed by atoms with van der Waals surface area (Å²) in [6.45, 7) is 6.36. The smallest absolute Gasteiger partial charge is 0.180 e. The molecule has 0 bridgehead atoms.